The molecule has 2 aromatic carbocycles. The first-order chi connectivity index (χ1) is 9.65. The lowest BCUT2D eigenvalue weighted by molar-refractivity contribution is 0.103. The van der Waals surface area contributed by atoms with Gasteiger partial charge in [-0.25, -0.2) is 8.78 Å². The van der Waals surface area contributed by atoms with Gasteiger partial charge in [-0.3, -0.25) is 4.79 Å². The highest BCUT2D eigenvalue weighted by Gasteiger charge is 2.17. The molecule has 0 bridgehead atoms. The molecule has 20 heavy (non-hydrogen) atoms. The van der Waals surface area contributed by atoms with Gasteiger partial charge in [0.05, 0.1) is 12.2 Å². The van der Waals surface area contributed by atoms with Gasteiger partial charge < -0.3 is 4.74 Å². The highest BCUT2D eigenvalue weighted by atomic mass is 19.1. The number of benzene rings is 2. The summed E-state index contributed by atoms with van der Waals surface area (Å²) in [5.41, 5.74) is 1.22. The zero-order valence-electron chi connectivity index (χ0n) is 10.7. The Morgan fingerprint density at radius 1 is 1.10 bits per heavy atom. The topological polar surface area (TPSA) is 26.3 Å². The number of aryl methyl sites for hydroxylation is 1. The molecule has 0 unspecified atom stereocenters. The van der Waals surface area contributed by atoms with Gasteiger partial charge in [-0.05, 0) is 48.7 Å². The van der Waals surface area contributed by atoms with Gasteiger partial charge in [0.15, 0.2) is 5.78 Å². The van der Waals surface area contributed by atoms with Gasteiger partial charge in [-0.2, -0.15) is 0 Å². The molecule has 2 nitrogen and oxygen atoms in total. The van der Waals surface area contributed by atoms with Crippen LogP contribution < -0.4 is 4.74 Å². The molecule has 102 valence electrons. The van der Waals surface area contributed by atoms with Crippen molar-refractivity contribution < 1.29 is 18.3 Å². The minimum atomic E-state index is -0.844. The van der Waals surface area contributed by atoms with E-state index in [1.807, 2.05) is 0 Å². The van der Waals surface area contributed by atoms with Crippen LogP contribution in [0.5, 0.6) is 5.75 Å². The zero-order valence-corrected chi connectivity index (χ0v) is 10.7. The second-order valence-electron chi connectivity index (χ2n) is 4.73. The Labute approximate surface area is 115 Å². The van der Waals surface area contributed by atoms with E-state index in [1.165, 1.54) is 6.07 Å². The fourth-order valence-electron chi connectivity index (χ4n) is 2.33. The van der Waals surface area contributed by atoms with E-state index in [-0.39, 0.29) is 5.56 Å². The fraction of sp³-hybridized carbons (Fsp3) is 0.188. The lowest BCUT2D eigenvalue weighted by Crippen LogP contribution is -2.10. The third-order valence-corrected chi connectivity index (χ3v) is 3.35. The summed E-state index contributed by atoms with van der Waals surface area (Å²) in [6, 6.07) is 8.02. The molecular formula is C16H12F2O2. The van der Waals surface area contributed by atoms with Crippen LogP contribution in [0.2, 0.25) is 0 Å². The van der Waals surface area contributed by atoms with Gasteiger partial charge in [0.25, 0.3) is 0 Å². The monoisotopic (exact) mass is 274 g/mol. The summed E-state index contributed by atoms with van der Waals surface area (Å²) in [4.78, 5) is 12.3. The van der Waals surface area contributed by atoms with Crippen molar-refractivity contribution in [3.05, 3.63) is 64.7 Å². The van der Waals surface area contributed by atoms with Crippen LogP contribution in [0, 0.1) is 11.6 Å². The first-order valence-corrected chi connectivity index (χ1v) is 6.40. The summed E-state index contributed by atoms with van der Waals surface area (Å²) < 4.78 is 32.0. The van der Waals surface area contributed by atoms with Crippen molar-refractivity contribution in [2.24, 2.45) is 0 Å². The molecule has 3 rings (SSSR count). The summed E-state index contributed by atoms with van der Waals surface area (Å²) in [6.07, 6.45) is 1.73. The van der Waals surface area contributed by atoms with Crippen LogP contribution in [-0.2, 0) is 6.42 Å². The molecule has 1 aliphatic heterocycles. The van der Waals surface area contributed by atoms with Gasteiger partial charge in [0.1, 0.15) is 17.4 Å². The molecule has 1 aliphatic rings. The molecular weight excluding hydrogens is 262 g/mol. The number of hydrogen-bond donors (Lipinski definition) is 0. The standard InChI is InChI=1S/C16H12F2O2/c17-12-4-5-13(14(18)9-12)16(19)11-3-6-15-10(8-11)2-1-7-20-15/h3-6,8-9H,1-2,7H2. The fourth-order valence-corrected chi connectivity index (χ4v) is 2.33. The van der Waals surface area contributed by atoms with Crippen LogP contribution in [0.15, 0.2) is 36.4 Å². The Morgan fingerprint density at radius 3 is 2.75 bits per heavy atom. The first-order valence-electron chi connectivity index (χ1n) is 6.40. The molecule has 0 spiro atoms. The molecule has 1 heterocycles. The van der Waals surface area contributed by atoms with Crippen LogP contribution in [-0.4, -0.2) is 12.4 Å². The van der Waals surface area contributed by atoms with Crippen molar-refractivity contribution in [3.8, 4) is 5.75 Å². The summed E-state index contributed by atoms with van der Waals surface area (Å²) in [5, 5.41) is 0. The maximum Gasteiger partial charge on any atom is 0.195 e. The Kier molecular flexibility index (Phi) is 3.22. The zero-order chi connectivity index (χ0) is 14.1. The molecule has 4 heteroatoms. The van der Waals surface area contributed by atoms with E-state index < -0.39 is 17.4 Å². The van der Waals surface area contributed by atoms with E-state index in [4.69, 9.17) is 4.74 Å². The summed E-state index contributed by atoms with van der Waals surface area (Å²) >= 11 is 0. The predicted octanol–water partition coefficient (Wildman–Crippen LogP) is 3.52. The highest BCUT2D eigenvalue weighted by molar-refractivity contribution is 6.09. The van der Waals surface area contributed by atoms with Crippen LogP contribution in [0.25, 0.3) is 0 Å². The summed E-state index contributed by atoms with van der Waals surface area (Å²) in [5.74, 6) is -1.22. The summed E-state index contributed by atoms with van der Waals surface area (Å²) in [6.45, 7) is 0.673. The number of rotatable bonds is 2. The average molecular weight is 274 g/mol. The molecule has 0 N–H and O–H groups in total. The number of fused-ring (bicyclic) bond motifs is 1. The minimum absolute atomic E-state index is 0.122. The van der Waals surface area contributed by atoms with Gasteiger partial charge in [-0.15, -0.1) is 0 Å². The molecule has 0 saturated carbocycles. The maximum absolute atomic E-state index is 13.6. The van der Waals surface area contributed by atoms with Crippen molar-refractivity contribution in [3.63, 3.8) is 0 Å². The number of halogens is 2. The van der Waals surface area contributed by atoms with E-state index >= 15 is 0 Å². The predicted molar refractivity (Wildman–Crippen MR) is 70.0 cm³/mol. The van der Waals surface area contributed by atoms with Crippen molar-refractivity contribution in [1.82, 2.24) is 0 Å². The Hall–Kier alpha value is -2.23. The lowest BCUT2D eigenvalue weighted by Gasteiger charge is -2.17. The Bertz CT molecular complexity index is 680. The average Bonchev–Trinajstić information content (AvgIpc) is 2.46. The molecule has 0 radical (unpaired) electrons. The van der Waals surface area contributed by atoms with Gasteiger partial charge in [0, 0.05) is 11.6 Å². The van der Waals surface area contributed by atoms with E-state index in [9.17, 15) is 13.6 Å². The maximum atomic E-state index is 13.6. The molecule has 0 aliphatic carbocycles. The van der Waals surface area contributed by atoms with Crippen molar-refractivity contribution in [1.29, 1.82) is 0 Å². The van der Waals surface area contributed by atoms with Crippen molar-refractivity contribution in [2.45, 2.75) is 12.8 Å². The molecule has 0 amide bonds. The van der Waals surface area contributed by atoms with E-state index in [0.717, 1.165) is 36.3 Å². The van der Waals surface area contributed by atoms with Crippen LogP contribution in [0.4, 0.5) is 8.78 Å². The smallest absolute Gasteiger partial charge is 0.195 e. The van der Waals surface area contributed by atoms with Crippen molar-refractivity contribution in [2.75, 3.05) is 6.61 Å². The molecule has 2 aromatic rings. The number of ketones is 1. The normalized spacial score (nSPS) is 13.5. The minimum Gasteiger partial charge on any atom is -0.493 e. The molecule has 0 aromatic heterocycles. The van der Waals surface area contributed by atoms with Gasteiger partial charge >= 0.3 is 0 Å². The van der Waals surface area contributed by atoms with E-state index in [2.05, 4.69) is 0 Å². The molecule has 0 fully saturated rings. The van der Waals surface area contributed by atoms with Crippen LogP contribution in [0.1, 0.15) is 27.9 Å². The molecule has 0 saturated heterocycles. The lowest BCUT2D eigenvalue weighted by atomic mass is 9.98. The Morgan fingerprint density at radius 2 is 1.95 bits per heavy atom. The summed E-state index contributed by atoms with van der Waals surface area (Å²) in [7, 11) is 0. The quantitative estimate of drug-likeness (QED) is 0.783. The van der Waals surface area contributed by atoms with Gasteiger partial charge in [0.2, 0.25) is 0 Å². The second-order valence-corrected chi connectivity index (χ2v) is 4.73. The third-order valence-electron chi connectivity index (χ3n) is 3.35. The largest absolute Gasteiger partial charge is 0.493 e. The SMILES string of the molecule is O=C(c1ccc2c(c1)CCCO2)c1ccc(F)cc1F. The van der Waals surface area contributed by atoms with Crippen LogP contribution in [0.3, 0.4) is 0 Å². The van der Waals surface area contributed by atoms with Crippen LogP contribution >= 0.6 is 0 Å². The number of hydrogen-bond acceptors (Lipinski definition) is 2. The number of carbonyl (C=O) groups excluding carboxylic acids is 1. The number of carbonyl (C=O) groups is 1. The first kappa shape index (κ1) is 12.8. The van der Waals surface area contributed by atoms with Crippen molar-refractivity contribution >= 4 is 5.78 Å². The third kappa shape index (κ3) is 2.29. The highest BCUT2D eigenvalue weighted by Crippen LogP contribution is 2.26. The Balaban J connectivity index is 1.98. The second kappa shape index (κ2) is 5.04. The van der Waals surface area contributed by atoms with Gasteiger partial charge in [-0.1, -0.05) is 0 Å². The number of ether oxygens (including phenoxy) is 1. The van der Waals surface area contributed by atoms with E-state index in [0.29, 0.717) is 12.2 Å². The molecule has 0 atom stereocenters. The van der Waals surface area contributed by atoms with E-state index in [1.54, 1.807) is 18.2 Å².